The Labute approximate surface area is 123 Å². The summed E-state index contributed by atoms with van der Waals surface area (Å²) in [4.78, 5) is 0. The van der Waals surface area contributed by atoms with E-state index in [0.717, 1.165) is 11.1 Å². The maximum absolute atomic E-state index is 5.57. The second kappa shape index (κ2) is 6.77. The first-order chi connectivity index (χ1) is 9.72. The van der Waals surface area contributed by atoms with Gasteiger partial charge in [0.05, 0.1) is 0 Å². The van der Waals surface area contributed by atoms with Gasteiger partial charge in [-0.2, -0.15) is 0 Å². The average Bonchev–Trinajstić information content (AvgIpc) is 2.53. The van der Waals surface area contributed by atoms with Crippen LogP contribution in [0.4, 0.5) is 0 Å². The van der Waals surface area contributed by atoms with Gasteiger partial charge in [0, 0.05) is 11.1 Å². The molecule has 0 saturated heterocycles. The van der Waals surface area contributed by atoms with E-state index in [9.17, 15) is 0 Å². The lowest BCUT2D eigenvalue weighted by Crippen LogP contribution is -2.23. The fraction of sp³-hybridized carbons (Fsp3) is 0.111. The molecule has 0 aromatic heterocycles. The molecule has 0 saturated carbocycles. The zero-order valence-corrected chi connectivity index (χ0v) is 13.7. The Morgan fingerprint density at radius 3 is 1.55 bits per heavy atom. The molecule has 98 valence electrons. The summed E-state index contributed by atoms with van der Waals surface area (Å²) in [5, 5.41) is 0. The van der Waals surface area contributed by atoms with Gasteiger partial charge in [-0.1, -0.05) is 60.1 Å². The molecule has 0 bridgehead atoms. The molecule has 2 aromatic rings. The van der Waals surface area contributed by atoms with Gasteiger partial charge in [0.1, 0.15) is 10.5 Å². The molecule has 20 heavy (non-hydrogen) atoms. The maximum Gasteiger partial charge on any atom is 0.177 e. The Kier molecular flexibility index (Phi) is 4.79. The molecule has 2 rings (SSSR count). The molecule has 0 aliphatic heterocycles. The molecule has 0 aliphatic carbocycles. The average molecular weight is 276 g/mol. The standard InChI is InChI=1S/C18H16OSi/c1-18(19-20,14-12-16-8-4-2-5-9-16)15-13-17-10-6-3-7-11-17/h2-11H,1,20H3. The quantitative estimate of drug-likeness (QED) is 0.573. The second-order valence-corrected chi connectivity index (χ2v) is 4.88. The highest BCUT2D eigenvalue weighted by molar-refractivity contribution is 5.98. The minimum Gasteiger partial charge on any atom is -0.403 e. The van der Waals surface area contributed by atoms with E-state index in [4.69, 9.17) is 4.43 Å². The van der Waals surface area contributed by atoms with Crippen LogP contribution in [0.15, 0.2) is 60.7 Å². The van der Waals surface area contributed by atoms with Crippen LogP contribution in [0.1, 0.15) is 18.1 Å². The van der Waals surface area contributed by atoms with E-state index in [1.807, 2.05) is 67.6 Å². The van der Waals surface area contributed by atoms with Crippen LogP contribution in [0, 0.1) is 23.7 Å². The van der Waals surface area contributed by atoms with Crippen molar-refractivity contribution in [3.63, 3.8) is 0 Å². The normalized spacial score (nSPS) is 10.1. The van der Waals surface area contributed by atoms with Gasteiger partial charge in [0.25, 0.3) is 0 Å². The van der Waals surface area contributed by atoms with Crippen molar-refractivity contribution in [2.45, 2.75) is 12.5 Å². The number of hydrogen-bond donors (Lipinski definition) is 0. The monoisotopic (exact) mass is 276 g/mol. The minimum absolute atomic E-state index is 0.595. The predicted molar refractivity (Wildman–Crippen MR) is 86.1 cm³/mol. The summed E-state index contributed by atoms with van der Waals surface area (Å²) in [6.07, 6.45) is 0. The van der Waals surface area contributed by atoms with Crippen molar-refractivity contribution >= 4 is 10.5 Å². The first-order valence-electron chi connectivity index (χ1n) is 6.43. The molecular formula is C18H16OSi. The van der Waals surface area contributed by atoms with Gasteiger partial charge < -0.3 is 4.43 Å². The van der Waals surface area contributed by atoms with Crippen molar-refractivity contribution < 1.29 is 4.43 Å². The molecule has 0 fully saturated rings. The zero-order chi connectivity index (χ0) is 14.3. The largest absolute Gasteiger partial charge is 0.403 e. The molecule has 0 aliphatic rings. The van der Waals surface area contributed by atoms with E-state index < -0.39 is 5.60 Å². The molecule has 0 unspecified atom stereocenters. The van der Waals surface area contributed by atoms with Crippen LogP contribution in [0.3, 0.4) is 0 Å². The van der Waals surface area contributed by atoms with E-state index in [2.05, 4.69) is 23.7 Å². The lowest BCUT2D eigenvalue weighted by Gasteiger charge is -2.14. The highest BCUT2D eigenvalue weighted by Crippen LogP contribution is 2.07. The first kappa shape index (κ1) is 14.2. The summed E-state index contributed by atoms with van der Waals surface area (Å²) in [6, 6.07) is 19.7. The highest BCUT2D eigenvalue weighted by Gasteiger charge is 2.15. The lowest BCUT2D eigenvalue weighted by molar-refractivity contribution is 0.235. The smallest absolute Gasteiger partial charge is 0.177 e. The number of hydrogen-bond acceptors (Lipinski definition) is 1. The molecule has 0 heterocycles. The molecule has 1 nitrogen and oxygen atoms in total. The van der Waals surface area contributed by atoms with E-state index in [-0.39, 0.29) is 0 Å². The molecule has 0 amide bonds. The third-order valence-electron chi connectivity index (χ3n) is 2.85. The molecule has 0 radical (unpaired) electrons. The van der Waals surface area contributed by atoms with Crippen LogP contribution in [-0.4, -0.2) is 16.1 Å². The van der Waals surface area contributed by atoms with E-state index >= 15 is 0 Å². The Bertz CT molecular complexity index is 612. The van der Waals surface area contributed by atoms with Gasteiger partial charge in [-0.05, 0) is 31.2 Å². The number of rotatable bonds is 1. The fourth-order valence-electron chi connectivity index (χ4n) is 1.56. The maximum atomic E-state index is 5.57. The zero-order valence-electron chi connectivity index (χ0n) is 11.7. The van der Waals surface area contributed by atoms with Crippen molar-refractivity contribution in [1.82, 2.24) is 0 Å². The topological polar surface area (TPSA) is 9.23 Å². The van der Waals surface area contributed by atoms with E-state index in [0.29, 0.717) is 10.5 Å². The third kappa shape index (κ3) is 4.14. The van der Waals surface area contributed by atoms with Crippen LogP contribution in [0.5, 0.6) is 0 Å². The molecular weight excluding hydrogens is 260 g/mol. The molecule has 2 heteroatoms. The SMILES string of the molecule is CC(C#Cc1ccccc1)(C#Cc1ccccc1)O[SiH3]. The summed E-state index contributed by atoms with van der Waals surface area (Å²) in [5.41, 5.74) is 1.23. The molecule has 0 spiro atoms. The van der Waals surface area contributed by atoms with Gasteiger partial charge in [0.15, 0.2) is 5.60 Å². The first-order valence-corrected chi connectivity index (χ1v) is 7.25. The van der Waals surface area contributed by atoms with Gasteiger partial charge in [0.2, 0.25) is 0 Å². The minimum atomic E-state index is -0.710. The summed E-state index contributed by atoms with van der Waals surface area (Å²) in [5.74, 6) is 12.5. The van der Waals surface area contributed by atoms with E-state index in [1.165, 1.54) is 0 Å². The van der Waals surface area contributed by atoms with E-state index in [1.54, 1.807) is 0 Å². The second-order valence-electron chi connectivity index (χ2n) is 4.47. The van der Waals surface area contributed by atoms with Crippen molar-refractivity contribution in [1.29, 1.82) is 0 Å². The van der Waals surface area contributed by atoms with Crippen LogP contribution in [-0.2, 0) is 4.43 Å². The summed E-state index contributed by atoms with van der Waals surface area (Å²) >= 11 is 0. The van der Waals surface area contributed by atoms with Crippen LogP contribution < -0.4 is 0 Å². The van der Waals surface area contributed by atoms with Crippen molar-refractivity contribution in [3.8, 4) is 23.7 Å². The van der Waals surface area contributed by atoms with Crippen molar-refractivity contribution in [2.75, 3.05) is 0 Å². The van der Waals surface area contributed by atoms with Gasteiger partial charge >= 0.3 is 0 Å². The molecule has 0 N–H and O–H groups in total. The van der Waals surface area contributed by atoms with Gasteiger partial charge in [-0.15, -0.1) is 0 Å². The Morgan fingerprint density at radius 1 is 0.800 bits per heavy atom. The Balaban J connectivity index is 2.23. The summed E-state index contributed by atoms with van der Waals surface area (Å²) in [7, 11) is 0.595. The van der Waals surface area contributed by atoms with Crippen molar-refractivity contribution in [2.24, 2.45) is 0 Å². The third-order valence-corrected chi connectivity index (χ3v) is 3.66. The predicted octanol–water partition coefficient (Wildman–Crippen LogP) is 2.15. The molecule has 0 atom stereocenters. The highest BCUT2D eigenvalue weighted by atomic mass is 28.2. The number of benzene rings is 2. The molecule has 2 aromatic carbocycles. The van der Waals surface area contributed by atoms with Gasteiger partial charge in [-0.25, -0.2) is 0 Å². The van der Waals surface area contributed by atoms with Crippen molar-refractivity contribution in [3.05, 3.63) is 71.8 Å². The lowest BCUT2D eigenvalue weighted by atomic mass is 10.1. The Hall–Kier alpha value is -2.26. The van der Waals surface area contributed by atoms with Crippen LogP contribution in [0.25, 0.3) is 0 Å². The Morgan fingerprint density at radius 2 is 1.20 bits per heavy atom. The summed E-state index contributed by atoms with van der Waals surface area (Å²) in [6.45, 7) is 1.91. The summed E-state index contributed by atoms with van der Waals surface area (Å²) < 4.78 is 5.57. The van der Waals surface area contributed by atoms with Crippen LogP contribution >= 0.6 is 0 Å². The van der Waals surface area contributed by atoms with Gasteiger partial charge in [-0.3, -0.25) is 0 Å². The fourth-order valence-corrected chi connectivity index (χ4v) is 1.76. The van der Waals surface area contributed by atoms with Crippen LogP contribution in [0.2, 0.25) is 0 Å².